The summed E-state index contributed by atoms with van der Waals surface area (Å²) in [4.78, 5) is 2.06. The van der Waals surface area contributed by atoms with E-state index in [1.165, 1.54) is 5.56 Å². The van der Waals surface area contributed by atoms with E-state index in [0.29, 0.717) is 10.6 Å². The van der Waals surface area contributed by atoms with E-state index in [4.69, 9.17) is 12.2 Å². The Hall–Kier alpha value is -2.73. The van der Waals surface area contributed by atoms with Crippen LogP contribution in [0, 0.1) is 4.77 Å². The summed E-state index contributed by atoms with van der Waals surface area (Å²) in [5.74, 6) is 0.688. The van der Waals surface area contributed by atoms with E-state index in [2.05, 4.69) is 65.2 Å². The third-order valence-corrected chi connectivity index (χ3v) is 4.66. The van der Waals surface area contributed by atoms with Crippen LogP contribution in [0.25, 0.3) is 11.4 Å². The van der Waals surface area contributed by atoms with Crippen LogP contribution < -0.4 is 4.90 Å². The van der Waals surface area contributed by atoms with Crippen LogP contribution in [0.3, 0.4) is 0 Å². The molecule has 27 heavy (non-hydrogen) atoms. The third-order valence-electron chi connectivity index (χ3n) is 4.39. The van der Waals surface area contributed by atoms with Crippen molar-refractivity contribution in [3.63, 3.8) is 0 Å². The second-order valence-electron chi connectivity index (χ2n) is 7.72. The quantitative estimate of drug-likeness (QED) is 0.520. The van der Waals surface area contributed by atoms with E-state index in [9.17, 15) is 0 Å². The van der Waals surface area contributed by atoms with Gasteiger partial charge in [0.1, 0.15) is 0 Å². The summed E-state index contributed by atoms with van der Waals surface area (Å²) in [5.41, 5.74) is 4.52. The number of aromatic nitrogens is 3. The minimum absolute atomic E-state index is 0.134. The molecule has 0 aliphatic rings. The Morgan fingerprint density at radius 3 is 2.22 bits per heavy atom. The van der Waals surface area contributed by atoms with Gasteiger partial charge in [0, 0.05) is 25.3 Å². The van der Waals surface area contributed by atoms with Crippen LogP contribution in [0.1, 0.15) is 31.9 Å². The van der Waals surface area contributed by atoms with Crippen molar-refractivity contribution in [2.24, 2.45) is 5.10 Å². The topological polar surface area (TPSA) is 49.2 Å². The minimum atomic E-state index is 0.134. The molecule has 0 saturated heterocycles. The molecule has 0 aliphatic heterocycles. The minimum Gasteiger partial charge on any atom is -0.378 e. The zero-order valence-corrected chi connectivity index (χ0v) is 17.2. The number of benzene rings is 2. The van der Waals surface area contributed by atoms with Crippen LogP contribution in [0.15, 0.2) is 53.6 Å². The van der Waals surface area contributed by atoms with Gasteiger partial charge in [0.05, 0.1) is 6.21 Å². The van der Waals surface area contributed by atoms with Crippen molar-refractivity contribution in [1.29, 1.82) is 0 Å². The lowest BCUT2D eigenvalue weighted by Gasteiger charge is -2.18. The van der Waals surface area contributed by atoms with Gasteiger partial charge < -0.3 is 4.90 Å². The first-order valence-electron chi connectivity index (χ1n) is 8.86. The highest BCUT2D eigenvalue weighted by Crippen LogP contribution is 2.23. The Bertz CT molecular complexity index is 987. The Balaban J connectivity index is 1.89. The second kappa shape index (κ2) is 7.48. The average Bonchev–Trinajstić information content (AvgIpc) is 3.00. The lowest BCUT2D eigenvalue weighted by atomic mass is 9.87. The summed E-state index contributed by atoms with van der Waals surface area (Å²) >= 11 is 5.35. The van der Waals surface area contributed by atoms with E-state index in [1.54, 1.807) is 10.9 Å². The number of hydrogen-bond donors (Lipinski definition) is 1. The molecule has 1 aromatic heterocycles. The van der Waals surface area contributed by atoms with E-state index in [-0.39, 0.29) is 5.41 Å². The van der Waals surface area contributed by atoms with Crippen LogP contribution in [0.5, 0.6) is 0 Å². The number of hydrogen-bond acceptors (Lipinski definition) is 4. The maximum atomic E-state index is 5.35. The van der Waals surface area contributed by atoms with Gasteiger partial charge in [-0.05, 0) is 53.0 Å². The van der Waals surface area contributed by atoms with Crippen LogP contribution in [-0.4, -0.2) is 35.2 Å². The first-order chi connectivity index (χ1) is 12.8. The molecule has 0 amide bonds. The maximum absolute atomic E-state index is 5.35. The molecule has 1 heterocycles. The summed E-state index contributed by atoms with van der Waals surface area (Å²) in [6.45, 7) is 6.61. The van der Waals surface area contributed by atoms with Crippen molar-refractivity contribution in [1.82, 2.24) is 14.9 Å². The van der Waals surface area contributed by atoms with E-state index in [1.807, 2.05) is 38.4 Å². The summed E-state index contributed by atoms with van der Waals surface area (Å²) in [6, 6.07) is 16.5. The monoisotopic (exact) mass is 379 g/mol. The molecule has 3 rings (SSSR count). The predicted molar refractivity (Wildman–Crippen MR) is 115 cm³/mol. The molecule has 0 unspecified atom stereocenters. The normalized spacial score (nSPS) is 11.9. The van der Waals surface area contributed by atoms with Crippen molar-refractivity contribution in [3.05, 3.63) is 64.4 Å². The molecule has 140 valence electrons. The van der Waals surface area contributed by atoms with Crippen molar-refractivity contribution in [2.45, 2.75) is 26.2 Å². The maximum Gasteiger partial charge on any atom is 0.216 e. The third kappa shape index (κ3) is 4.34. The van der Waals surface area contributed by atoms with Crippen molar-refractivity contribution >= 4 is 24.1 Å². The standard InChI is InChI=1S/C21H25N5S/c1-21(2,3)17-10-6-15(7-11-17)14-22-26-19(23-24-20(26)27)16-8-12-18(13-9-16)25(4)5/h6-14H,1-5H3,(H,24,27)/b22-14+. The molecule has 2 aromatic carbocycles. The number of rotatable bonds is 4. The van der Waals surface area contributed by atoms with Gasteiger partial charge in [0.15, 0.2) is 5.82 Å². The van der Waals surface area contributed by atoms with Gasteiger partial charge in [-0.3, -0.25) is 0 Å². The smallest absolute Gasteiger partial charge is 0.216 e. The molecule has 6 heteroatoms. The molecule has 3 aromatic rings. The van der Waals surface area contributed by atoms with Gasteiger partial charge in [-0.2, -0.15) is 14.9 Å². The number of H-pyrrole nitrogens is 1. The average molecular weight is 380 g/mol. The van der Waals surface area contributed by atoms with E-state index in [0.717, 1.165) is 16.8 Å². The Morgan fingerprint density at radius 1 is 1.04 bits per heavy atom. The highest BCUT2D eigenvalue weighted by Gasteiger charge is 2.12. The van der Waals surface area contributed by atoms with Crippen LogP contribution >= 0.6 is 12.2 Å². The summed E-state index contributed by atoms with van der Waals surface area (Å²) in [7, 11) is 4.03. The molecule has 0 fully saturated rings. The second-order valence-corrected chi connectivity index (χ2v) is 8.11. The highest BCUT2D eigenvalue weighted by atomic mass is 32.1. The van der Waals surface area contributed by atoms with Gasteiger partial charge in [-0.25, -0.2) is 5.10 Å². The molecule has 1 N–H and O–H groups in total. The Morgan fingerprint density at radius 2 is 1.67 bits per heavy atom. The summed E-state index contributed by atoms with van der Waals surface area (Å²) in [6.07, 6.45) is 1.80. The number of nitrogens with zero attached hydrogens (tertiary/aromatic N) is 4. The van der Waals surface area contributed by atoms with Crippen LogP contribution in [0.4, 0.5) is 5.69 Å². The molecule has 0 spiro atoms. The van der Waals surface area contributed by atoms with Gasteiger partial charge in [-0.1, -0.05) is 45.0 Å². The molecule has 0 radical (unpaired) electrons. The van der Waals surface area contributed by atoms with Crippen molar-refractivity contribution in [3.8, 4) is 11.4 Å². The lowest BCUT2D eigenvalue weighted by molar-refractivity contribution is 0.590. The van der Waals surface area contributed by atoms with Crippen molar-refractivity contribution in [2.75, 3.05) is 19.0 Å². The zero-order chi connectivity index (χ0) is 19.6. The molecule has 0 bridgehead atoms. The lowest BCUT2D eigenvalue weighted by Crippen LogP contribution is -2.10. The largest absolute Gasteiger partial charge is 0.378 e. The highest BCUT2D eigenvalue weighted by molar-refractivity contribution is 7.71. The number of anilines is 1. The summed E-state index contributed by atoms with van der Waals surface area (Å²) in [5, 5.41) is 11.7. The first kappa shape index (κ1) is 19.0. The molecule has 0 saturated carbocycles. The molecule has 0 aliphatic carbocycles. The molecular formula is C21H25N5S. The Kier molecular flexibility index (Phi) is 5.28. The van der Waals surface area contributed by atoms with Gasteiger partial charge in [-0.15, -0.1) is 0 Å². The first-order valence-corrected chi connectivity index (χ1v) is 9.26. The predicted octanol–water partition coefficient (Wildman–Crippen LogP) is 4.85. The fourth-order valence-electron chi connectivity index (χ4n) is 2.69. The molecular weight excluding hydrogens is 354 g/mol. The van der Waals surface area contributed by atoms with Crippen molar-refractivity contribution < 1.29 is 0 Å². The molecule has 0 atom stereocenters. The van der Waals surface area contributed by atoms with Gasteiger partial charge >= 0.3 is 0 Å². The SMILES string of the molecule is CN(C)c1ccc(-c2n[nH]c(=S)n2/N=C/c2ccc(C(C)(C)C)cc2)cc1. The van der Waals surface area contributed by atoms with Gasteiger partial charge in [0.2, 0.25) is 4.77 Å². The fourth-order valence-corrected chi connectivity index (χ4v) is 2.87. The van der Waals surface area contributed by atoms with E-state index < -0.39 is 0 Å². The van der Waals surface area contributed by atoms with Crippen LogP contribution in [0.2, 0.25) is 0 Å². The molecule has 5 nitrogen and oxygen atoms in total. The van der Waals surface area contributed by atoms with E-state index >= 15 is 0 Å². The Labute approximate surface area is 165 Å². The van der Waals surface area contributed by atoms with Gasteiger partial charge in [0.25, 0.3) is 0 Å². The zero-order valence-electron chi connectivity index (χ0n) is 16.4. The number of aromatic amines is 1. The summed E-state index contributed by atoms with van der Waals surface area (Å²) < 4.78 is 2.11. The fraction of sp³-hybridized carbons (Fsp3) is 0.286. The van der Waals surface area contributed by atoms with Crippen LogP contribution in [-0.2, 0) is 5.41 Å². The number of nitrogens with one attached hydrogen (secondary N) is 1.